The lowest BCUT2D eigenvalue weighted by molar-refractivity contribution is 0.312. The second-order valence-electron chi connectivity index (χ2n) is 3.54. The van der Waals surface area contributed by atoms with Crippen LogP contribution < -0.4 is 0 Å². The summed E-state index contributed by atoms with van der Waals surface area (Å²) in [5.41, 5.74) is -0.0556. The highest BCUT2D eigenvalue weighted by Crippen LogP contribution is 2.83. The SMILES string of the molecule is CC(C)=CC(P(=O)(O)O)(P(=O)(O)O)P(=O)(O)O. The molecule has 0 unspecified atom stereocenters. The summed E-state index contributed by atoms with van der Waals surface area (Å²) < 4.78 is 29.6. The van der Waals surface area contributed by atoms with Crippen LogP contribution in [0.15, 0.2) is 11.6 Å². The van der Waals surface area contributed by atoms with Gasteiger partial charge in [0.15, 0.2) is 0 Å². The molecule has 0 aromatic carbocycles. The molecule has 0 aliphatic carbocycles. The third-order valence-corrected chi connectivity index (χ3v) is 9.42. The van der Waals surface area contributed by atoms with Gasteiger partial charge in [0.1, 0.15) is 0 Å². The van der Waals surface area contributed by atoms with Crippen LogP contribution in [0.2, 0.25) is 0 Å². The van der Waals surface area contributed by atoms with Gasteiger partial charge in [-0.25, -0.2) is 0 Å². The Kier molecular flexibility index (Phi) is 4.75. The average molecular weight is 310 g/mol. The summed E-state index contributed by atoms with van der Waals surface area (Å²) in [7, 11) is -17.4. The van der Waals surface area contributed by atoms with Gasteiger partial charge in [0.05, 0.1) is 0 Å². The van der Waals surface area contributed by atoms with Crippen molar-refractivity contribution in [3.8, 4) is 0 Å². The number of rotatable bonds is 4. The Hall–Kier alpha value is 0.190. The van der Waals surface area contributed by atoms with Crippen molar-refractivity contribution in [2.75, 3.05) is 0 Å². The molecular weight excluding hydrogens is 297 g/mol. The fourth-order valence-electron chi connectivity index (χ4n) is 1.15. The minimum Gasteiger partial charge on any atom is -0.323 e. The zero-order valence-corrected chi connectivity index (χ0v) is 11.5. The second kappa shape index (κ2) is 4.70. The molecular formula is C5H13O9P3. The maximum absolute atomic E-state index is 11.1. The van der Waals surface area contributed by atoms with Crippen molar-refractivity contribution >= 4 is 22.8 Å². The van der Waals surface area contributed by atoms with E-state index in [4.69, 9.17) is 29.4 Å². The van der Waals surface area contributed by atoms with Crippen molar-refractivity contribution in [2.24, 2.45) is 0 Å². The van der Waals surface area contributed by atoms with Gasteiger partial charge in [-0.05, 0) is 19.9 Å². The van der Waals surface area contributed by atoms with E-state index >= 15 is 0 Å². The smallest absolute Gasteiger partial charge is 0.323 e. The first-order valence-corrected chi connectivity index (χ1v) is 8.83. The standard InChI is InChI=1S/C5H13O9P3/c1-4(2)3-5(15(6,7)8,16(9,10)11)17(12,13)14/h3H,1-2H3,(H2,6,7,8)(H2,9,10,11)(H2,12,13,14). The first-order chi connectivity index (χ1) is 7.17. The van der Waals surface area contributed by atoms with Crippen molar-refractivity contribution < 1.29 is 43.1 Å². The fourth-order valence-corrected chi connectivity index (χ4v) is 6.50. The molecule has 6 N–H and O–H groups in total. The van der Waals surface area contributed by atoms with Gasteiger partial charge in [-0.2, -0.15) is 0 Å². The Morgan fingerprint density at radius 3 is 1.12 bits per heavy atom. The van der Waals surface area contributed by atoms with E-state index < -0.39 is 27.4 Å². The molecule has 0 bridgehead atoms. The summed E-state index contributed by atoms with van der Waals surface area (Å²) in [5.74, 6) is 0. The minimum atomic E-state index is -5.81. The second-order valence-corrected chi connectivity index (χ2v) is 9.98. The van der Waals surface area contributed by atoms with E-state index in [-0.39, 0.29) is 11.6 Å². The highest BCUT2D eigenvalue weighted by atomic mass is 31.3. The van der Waals surface area contributed by atoms with Crippen molar-refractivity contribution in [1.82, 2.24) is 0 Å². The van der Waals surface area contributed by atoms with E-state index in [9.17, 15) is 13.7 Å². The van der Waals surface area contributed by atoms with E-state index in [0.29, 0.717) is 0 Å². The Bertz CT molecular complexity index is 402. The van der Waals surface area contributed by atoms with Crippen LogP contribution in [-0.4, -0.2) is 34.0 Å². The van der Waals surface area contributed by atoms with Crippen molar-refractivity contribution in [3.05, 3.63) is 11.6 Å². The van der Waals surface area contributed by atoms with Gasteiger partial charge in [0.25, 0.3) is 4.64 Å². The zero-order valence-electron chi connectivity index (χ0n) is 8.83. The number of hydrogen-bond donors (Lipinski definition) is 6. The van der Waals surface area contributed by atoms with Crippen molar-refractivity contribution in [1.29, 1.82) is 0 Å². The third kappa shape index (κ3) is 3.15. The largest absolute Gasteiger partial charge is 0.360 e. The van der Waals surface area contributed by atoms with Crippen LogP contribution in [0.5, 0.6) is 0 Å². The molecule has 0 amide bonds. The van der Waals surface area contributed by atoms with Gasteiger partial charge in [-0.3, -0.25) is 13.7 Å². The molecule has 0 atom stereocenters. The summed E-state index contributed by atoms with van der Waals surface area (Å²) in [5, 5.41) is 0. The topological polar surface area (TPSA) is 173 Å². The summed E-state index contributed by atoms with van der Waals surface area (Å²) in [4.78, 5) is 53.6. The molecule has 17 heavy (non-hydrogen) atoms. The molecule has 0 aromatic rings. The zero-order chi connectivity index (χ0) is 14.3. The highest BCUT2D eigenvalue weighted by molar-refractivity contribution is 7.89. The monoisotopic (exact) mass is 310 g/mol. The average Bonchev–Trinajstić information content (AvgIpc) is 1.91. The maximum atomic E-state index is 11.1. The molecule has 0 spiro atoms. The van der Waals surface area contributed by atoms with Gasteiger partial charge in [-0.1, -0.05) is 5.57 Å². The van der Waals surface area contributed by atoms with Gasteiger partial charge in [0, 0.05) is 0 Å². The summed E-state index contributed by atoms with van der Waals surface area (Å²) in [6, 6.07) is 0. The molecule has 0 saturated carbocycles. The Morgan fingerprint density at radius 1 is 0.824 bits per heavy atom. The molecule has 0 fully saturated rings. The normalized spacial score (nSPS) is 14.6. The van der Waals surface area contributed by atoms with E-state index in [1.54, 1.807) is 0 Å². The molecule has 9 nitrogen and oxygen atoms in total. The van der Waals surface area contributed by atoms with E-state index in [2.05, 4.69) is 0 Å². The number of allylic oxidation sites excluding steroid dienone is 2. The van der Waals surface area contributed by atoms with Gasteiger partial charge in [-0.15, -0.1) is 0 Å². The molecule has 0 aromatic heterocycles. The van der Waals surface area contributed by atoms with Crippen molar-refractivity contribution in [2.45, 2.75) is 18.5 Å². The van der Waals surface area contributed by atoms with Crippen LogP contribution in [0.25, 0.3) is 0 Å². The predicted octanol–water partition coefficient (Wildman–Crippen LogP) is 0.139. The molecule has 0 heterocycles. The van der Waals surface area contributed by atoms with Gasteiger partial charge < -0.3 is 29.4 Å². The van der Waals surface area contributed by atoms with E-state index in [0.717, 1.165) is 0 Å². The van der Waals surface area contributed by atoms with Gasteiger partial charge >= 0.3 is 22.8 Å². The Balaban J connectivity index is 6.58. The fraction of sp³-hybridized carbons (Fsp3) is 0.600. The van der Waals surface area contributed by atoms with E-state index in [1.165, 1.54) is 13.8 Å². The summed E-state index contributed by atoms with van der Waals surface area (Å²) in [6.07, 6.45) is 0.231. The minimum absolute atomic E-state index is 0.0556. The predicted molar refractivity (Wildman–Crippen MR) is 58.3 cm³/mol. The summed E-state index contributed by atoms with van der Waals surface area (Å²) >= 11 is 0. The van der Waals surface area contributed by atoms with Crippen molar-refractivity contribution in [3.63, 3.8) is 0 Å². The lowest BCUT2D eigenvalue weighted by Crippen LogP contribution is -2.27. The lowest BCUT2D eigenvalue weighted by atomic mass is 10.3. The molecule has 12 heteroatoms. The maximum Gasteiger partial charge on any atom is 0.360 e. The van der Waals surface area contributed by atoms with Crippen LogP contribution in [0.1, 0.15) is 13.8 Å². The Labute approximate surface area is 96.7 Å². The van der Waals surface area contributed by atoms with E-state index in [1.807, 2.05) is 0 Å². The third-order valence-electron chi connectivity index (χ3n) is 1.77. The molecule has 0 rings (SSSR count). The quantitative estimate of drug-likeness (QED) is 0.312. The molecule has 0 radical (unpaired) electrons. The summed E-state index contributed by atoms with van der Waals surface area (Å²) in [6.45, 7) is 2.38. The van der Waals surface area contributed by atoms with Crippen LogP contribution >= 0.6 is 22.8 Å². The molecule has 0 aliphatic heterocycles. The highest BCUT2D eigenvalue weighted by Gasteiger charge is 2.70. The molecule has 0 aliphatic rings. The molecule has 102 valence electrons. The first-order valence-electron chi connectivity index (χ1n) is 4.00. The van der Waals surface area contributed by atoms with Crippen LogP contribution in [0.3, 0.4) is 0 Å². The number of hydrogen-bond acceptors (Lipinski definition) is 3. The van der Waals surface area contributed by atoms with Gasteiger partial charge in [0.2, 0.25) is 0 Å². The first kappa shape index (κ1) is 17.2. The lowest BCUT2D eigenvalue weighted by Gasteiger charge is -2.32. The molecule has 0 saturated heterocycles. The Morgan fingerprint density at radius 2 is 1.06 bits per heavy atom. The van der Waals surface area contributed by atoms with Crippen LogP contribution in [-0.2, 0) is 13.7 Å². The van der Waals surface area contributed by atoms with Crippen LogP contribution in [0.4, 0.5) is 0 Å². The van der Waals surface area contributed by atoms with Crippen LogP contribution in [0, 0.1) is 0 Å².